The summed E-state index contributed by atoms with van der Waals surface area (Å²) in [6.07, 6.45) is 1.32. The van der Waals surface area contributed by atoms with Gasteiger partial charge in [0.2, 0.25) is 5.91 Å². The van der Waals surface area contributed by atoms with Gasteiger partial charge in [0, 0.05) is 11.6 Å². The average Bonchev–Trinajstić information content (AvgIpc) is 2.59. The number of aromatic nitrogens is 2. The Bertz CT molecular complexity index is 1020. The van der Waals surface area contributed by atoms with Crippen molar-refractivity contribution in [1.82, 2.24) is 14.9 Å². The number of fused-ring (bicyclic) bond motifs is 1. The van der Waals surface area contributed by atoms with E-state index in [0.29, 0.717) is 27.1 Å². The Morgan fingerprint density at radius 2 is 2.08 bits per heavy atom. The Kier molecular flexibility index (Phi) is 4.81. The monoisotopic (exact) mass is 359 g/mol. The molecule has 0 saturated heterocycles. The quantitative estimate of drug-likeness (QED) is 0.779. The second-order valence-corrected chi connectivity index (χ2v) is 6.14. The molecular formula is C18H15ClFN3O2. The third-order valence-corrected chi connectivity index (χ3v) is 4.06. The molecule has 1 aromatic heterocycles. The lowest BCUT2D eigenvalue weighted by Crippen LogP contribution is -2.32. The highest BCUT2D eigenvalue weighted by atomic mass is 35.5. The minimum absolute atomic E-state index is 0.178. The Labute approximate surface area is 148 Å². The van der Waals surface area contributed by atoms with Crippen LogP contribution in [0.15, 0.2) is 47.5 Å². The van der Waals surface area contributed by atoms with Gasteiger partial charge in [-0.2, -0.15) is 0 Å². The van der Waals surface area contributed by atoms with Crippen molar-refractivity contribution in [2.45, 2.75) is 20.0 Å². The minimum atomic E-state index is -0.369. The number of hydrogen-bond donors (Lipinski definition) is 1. The van der Waals surface area contributed by atoms with Crippen LogP contribution >= 0.6 is 11.6 Å². The van der Waals surface area contributed by atoms with Crippen molar-refractivity contribution in [2.24, 2.45) is 0 Å². The molecule has 1 amide bonds. The van der Waals surface area contributed by atoms with E-state index in [1.165, 1.54) is 23.0 Å². The Hall–Kier alpha value is -2.73. The number of halogens is 2. The largest absolute Gasteiger partial charge is 0.350 e. The Morgan fingerprint density at radius 1 is 1.28 bits per heavy atom. The molecule has 0 bridgehead atoms. The summed E-state index contributed by atoms with van der Waals surface area (Å²) in [5, 5.41) is 3.44. The lowest BCUT2D eigenvalue weighted by atomic mass is 10.1. The second-order valence-electron chi connectivity index (χ2n) is 5.70. The van der Waals surface area contributed by atoms with Gasteiger partial charge in [-0.25, -0.2) is 9.37 Å². The first kappa shape index (κ1) is 17.1. The van der Waals surface area contributed by atoms with Crippen molar-refractivity contribution in [2.75, 3.05) is 0 Å². The molecule has 5 nitrogen and oxygen atoms in total. The molecule has 0 saturated carbocycles. The number of carbonyl (C=O) groups is 1. The van der Waals surface area contributed by atoms with Crippen molar-refractivity contribution in [3.63, 3.8) is 0 Å². The number of aryl methyl sites for hydroxylation is 1. The van der Waals surface area contributed by atoms with Crippen LogP contribution in [-0.2, 0) is 17.9 Å². The van der Waals surface area contributed by atoms with Crippen molar-refractivity contribution < 1.29 is 9.18 Å². The molecule has 0 aliphatic heterocycles. The first-order valence-corrected chi connectivity index (χ1v) is 7.98. The van der Waals surface area contributed by atoms with Gasteiger partial charge >= 0.3 is 0 Å². The number of nitrogens with one attached hydrogen (secondary N) is 1. The van der Waals surface area contributed by atoms with Gasteiger partial charge in [0.25, 0.3) is 5.56 Å². The third-order valence-electron chi connectivity index (χ3n) is 3.83. The van der Waals surface area contributed by atoms with Crippen LogP contribution in [-0.4, -0.2) is 15.5 Å². The molecular weight excluding hydrogens is 345 g/mol. The molecule has 25 heavy (non-hydrogen) atoms. The maximum absolute atomic E-state index is 13.5. The van der Waals surface area contributed by atoms with E-state index in [-0.39, 0.29) is 30.4 Å². The van der Waals surface area contributed by atoms with Crippen LogP contribution in [0.25, 0.3) is 10.9 Å². The van der Waals surface area contributed by atoms with E-state index < -0.39 is 0 Å². The van der Waals surface area contributed by atoms with Gasteiger partial charge in [-0.05, 0) is 42.3 Å². The van der Waals surface area contributed by atoms with Crippen LogP contribution in [0, 0.1) is 12.7 Å². The zero-order valence-electron chi connectivity index (χ0n) is 13.4. The summed E-state index contributed by atoms with van der Waals surface area (Å²) in [4.78, 5) is 28.6. The van der Waals surface area contributed by atoms with Crippen LogP contribution < -0.4 is 10.9 Å². The maximum Gasteiger partial charge on any atom is 0.261 e. The molecule has 0 unspecified atom stereocenters. The van der Waals surface area contributed by atoms with Crippen LogP contribution in [0.5, 0.6) is 0 Å². The van der Waals surface area contributed by atoms with Gasteiger partial charge in [0.15, 0.2) is 0 Å². The van der Waals surface area contributed by atoms with E-state index in [1.807, 2.05) is 0 Å². The standard InChI is InChI=1S/C18H15ClFN3O2/c1-11-2-3-12(6-15(11)20)8-21-17(24)9-23-10-22-16-5-4-13(19)7-14(16)18(23)25/h2-7,10H,8-9H2,1H3,(H,21,24). The zero-order chi connectivity index (χ0) is 18.0. The normalized spacial score (nSPS) is 10.8. The maximum atomic E-state index is 13.5. The zero-order valence-corrected chi connectivity index (χ0v) is 14.2. The molecule has 128 valence electrons. The van der Waals surface area contributed by atoms with E-state index in [1.54, 1.807) is 31.2 Å². The van der Waals surface area contributed by atoms with Crippen molar-refractivity contribution in [3.05, 3.63) is 75.0 Å². The van der Waals surface area contributed by atoms with E-state index >= 15 is 0 Å². The molecule has 3 rings (SSSR count). The summed E-state index contributed by atoms with van der Waals surface area (Å²) in [7, 11) is 0. The molecule has 0 fully saturated rings. The second kappa shape index (κ2) is 7.03. The average molecular weight is 360 g/mol. The first-order valence-electron chi connectivity index (χ1n) is 7.60. The number of nitrogens with zero attached hydrogens (tertiary/aromatic N) is 2. The van der Waals surface area contributed by atoms with E-state index in [9.17, 15) is 14.0 Å². The Morgan fingerprint density at radius 3 is 2.84 bits per heavy atom. The van der Waals surface area contributed by atoms with Crippen LogP contribution in [0.2, 0.25) is 5.02 Å². The summed E-state index contributed by atoms with van der Waals surface area (Å²) in [5.74, 6) is -0.690. The van der Waals surface area contributed by atoms with Crippen molar-refractivity contribution >= 4 is 28.4 Å². The summed E-state index contributed by atoms with van der Waals surface area (Å²) in [6.45, 7) is 1.67. The number of amides is 1. The number of carbonyl (C=O) groups excluding carboxylic acids is 1. The van der Waals surface area contributed by atoms with Gasteiger partial charge in [0.05, 0.1) is 17.2 Å². The van der Waals surface area contributed by atoms with Gasteiger partial charge in [-0.15, -0.1) is 0 Å². The molecule has 1 heterocycles. The van der Waals surface area contributed by atoms with Gasteiger partial charge in [-0.3, -0.25) is 14.2 Å². The fraction of sp³-hybridized carbons (Fsp3) is 0.167. The predicted octanol–water partition coefficient (Wildman–Crippen LogP) is 2.81. The topological polar surface area (TPSA) is 64.0 Å². The highest BCUT2D eigenvalue weighted by Gasteiger charge is 2.09. The molecule has 0 atom stereocenters. The Balaban J connectivity index is 1.72. The summed E-state index contributed by atoms with van der Waals surface area (Å²) in [6, 6.07) is 9.59. The third kappa shape index (κ3) is 3.85. The summed E-state index contributed by atoms with van der Waals surface area (Å²) >= 11 is 5.90. The number of benzene rings is 2. The van der Waals surface area contributed by atoms with E-state index in [4.69, 9.17) is 11.6 Å². The van der Waals surface area contributed by atoms with Gasteiger partial charge in [-0.1, -0.05) is 23.7 Å². The number of rotatable bonds is 4. The predicted molar refractivity (Wildman–Crippen MR) is 94.0 cm³/mol. The number of hydrogen-bond acceptors (Lipinski definition) is 3. The minimum Gasteiger partial charge on any atom is -0.350 e. The fourth-order valence-electron chi connectivity index (χ4n) is 2.40. The van der Waals surface area contributed by atoms with Crippen LogP contribution in [0.1, 0.15) is 11.1 Å². The lowest BCUT2D eigenvalue weighted by Gasteiger charge is -2.09. The highest BCUT2D eigenvalue weighted by molar-refractivity contribution is 6.31. The van der Waals surface area contributed by atoms with Gasteiger partial charge < -0.3 is 5.32 Å². The van der Waals surface area contributed by atoms with E-state index in [2.05, 4.69) is 10.3 Å². The SMILES string of the molecule is Cc1ccc(CNC(=O)Cn2cnc3ccc(Cl)cc3c2=O)cc1F. The van der Waals surface area contributed by atoms with E-state index in [0.717, 1.165) is 0 Å². The van der Waals surface area contributed by atoms with Crippen LogP contribution in [0.4, 0.5) is 4.39 Å². The molecule has 1 N–H and O–H groups in total. The van der Waals surface area contributed by atoms with Gasteiger partial charge in [0.1, 0.15) is 12.4 Å². The molecule has 2 aromatic carbocycles. The first-order chi connectivity index (χ1) is 11.9. The summed E-state index contributed by atoms with van der Waals surface area (Å²) in [5.41, 5.74) is 1.36. The lowest BCUT2D eigenvalue weighted by molar-refractivity contribution is -0.121. The van der Waals surface area contributed by atoms with Crippen LogP contribution in [0.3, 0.4) is 0 Å². The highest BCUT2D eigenvalue weighted by Crippen LogP contribution is 2.14. The molecule has 0 radical (unpaired) electrons. The molecule has 3 aromatic rings. The smallest absolute Gasteiger partial charge is 0.261 e. The molecule has 7 heteroatoms. The van der Waals surface area contributed by atoms with Crippen molar-refractivity contribution in [1.29, 1.82) is 0 Å². The molecule has 0 spiro atoms. The molecule has 0 aliphatic carbocycles. The fourth-order valence-corrected chi connectivity index (χ4v) is 2.57. The summed E-state index contributed by atoms with van der Waals surface area (Å²) < 4.78 is 14.7. The molecule has 0 aliphatic rings. The van der Waals surface area contributed by atoms with Crippen molar-refractivity contribution in [3.8, 4) is 0 Å².